The van der Waals surface area contributed by atoms with Crippen molar-refractivity contribution in [3.05, 3.63) is 68.6 Å². The average Bonchev–Trinajstić information content (AvgIpc) is 3.13. The van der Waals surface area contributed by atoms with Gasteiger partial charge >= 0.3 is 0 Å². The van der Waals surface area contributed by atoms with Crippen LogP contribution in [0.2, 0.25) is 5.02 Å². The van der Waals surface area contributed by atoms with Crippen LogP contribution < -0.4 is 0 Å². The minimum Gasteiger partial charge on any atom is -0.294 e. The van der Waals surface area contributed by atoms with Crippen LogP contribution in [0.25, 0.3) is 0 Å². The number of hydrogen-bond donors (Lipinski definition) is 0. The van der Waals surface area contributed by atoms with Crippen LogP contribution in [0.4, 0.5) is 0 Å². The van der Waals surface area contributed by atoms with Crippen LogP contribution in [0.3, 0.4) is 0 Å². The second-order valence-corrected chi connectivity index (χ2v) is 9.43. The Labute approximate surface area is 172 Å². The molecule has 0 fully saturated rings. The zero-order valence-electron chi connectivity index (χ0n) is 15.0. The zero-order chi connectivity index (χ0) is 19.0. The first-order chi connectivity index (χ1) is 13.1. The predicted molar refractivity (Wildman–Crippen MR) is 113 cm³/mol. The van der Waals surface area contributed by atoms with Crippen LogP contribution in [-0.4, -0.2) is 17.3 Å². The largest absolute Gasteiger partial charge is 0.294 e. The van der Waals surface area contributed by atoms with Crippen LogP contribution >= 0.6 is 35.1 Å². The van der Waals surface area contributed by atoms with Crippen LogP contribution in [-0.2, 0) is 11.2 Å². The highest BCUT2D eigenvalue weighted by Crippen LogP contribution is 2.41. The highest BCUT2D eigenvalue weighted by Gasteiger charge is 2.30. The number of allylic oxidation sites excluding steroid dienone is 2. The Bertz CT molecular complexity index is 978. The summed E-state index contributed by atoms with van der Waals surface area (Å²) >= 11 is 9.89. The van der Waals surface area contributed by atoms with Crippen molar-refractivity contribution in [3.8, 4) is 0 Å². The molecule has 5 heteroatoms. The van der Waals surface area contributed by atoms with E-state index in [1.54, 1.807) is 29.6 Å². The Kier molecular flexibility index (Phi) is 5.49. The van der Waals surface area contributed by atoms with Gasteiger partial charge in [-0.05, 0) is 55.5 Å². The Morgan fingerprint density at radius 2 is 1.93 bits per heavy atom. The molecular formula is C22H19ClO2S2. The van der Waals surface area contributed by atoms with Gasteiger partial charge in [-0.3, -0.25) is 9.59 Å². The molecule has 0 unspecified atom stereocenters. The molecule has 0 saturated carbocycles. The Balaban J connectivity index is 1.76. The summed E-state index contributed by atoms with van der Waals surface area (Å²) < 4.78 is 0. The smallest absolute Gasteiger partial charge is 0.198 e. The van der Waals surface area contributed by atoms with Gasteiger partial charge in [0.25, 0.3) is 0 Å². The third kappa shape index (κ3) is 3.63. The zero-order valence-corrected chi connectivity index (χ0v) is 17.4. The monoisotopic (exact) mass is 414 g/mol. The number of thioether (sulfide) groups is 2. The Morgan fingerprint density at radius 3 is 2.74 bits per heavy atom. The maximum Gasteiger partial charge on any atom is 0.198 e. The van der Waals surface area contributed by atoms with E-state index in [4.69, 9.17) is 11.6 Å². The highest BCUT2D eigenvalue weighted by atomic mass is 35.5. The molecule has 0 radical (unpaired) electrons. The first-order valence-electron chi connectivity index (χ1n) is 9.05. The first kappa shape index (κ1) is 18.9. The summed E-state index contributed by atoms with van der Waals surface area (Å²) in [4.78, 5) is 29.1. The quantitative estimate of drug-likeness (QED) is 0.435. The molecule has 2 aliphatic rings. The summed E-state index contributed by atoms with van der Waals surface area (Å²) in [6, 6.07) is 11.8. The molecule has 27 heavy (non-hydrogen) atoms. The van der Waals surface area contributed by atoms with E-state index in [1.165, 1.54) is 0 Å². The van der Waals surface area contributed by atoms with Gasteiger partial charge in [0, 0.05) is 32.4 Å². The van der Waals surface area contributed by atoms with Crippen molar-refractivity contribution in [2.75, 3.05) is 5.75 Å². The first-order valence-corrected chi connectivity index (χ1v) is 11.2. The molecule has 1 aliphatic heterocycles. The number of ketones is 2. The SMILES string of the molecule is Cc1ccccc1SC1=C(C(=O)c2ccc3c(c2Cl)CCS3)C(=O)CCC1. The lowest BCUT2D eigenvalue weighted by molar-refractivity contribution is -0.115. The second-order valence-electron chi connectivity index (χ2n) is 6.77. The number of carbonyl (C=O) groups excluding carboxylic acids is 2. The van der Waals surface area contributed by atoms with Gasteiger partial charge in [0.15, 0.2) is 11.6 Å². The molecule has 138 valence electrons. The molecular weight excluding hydrogens is 396 g/mol. The van der Waals surface area contributed by atoms with Gasteiger partial charge < -0.3 is 0 Å². The number of hydrogen-bond acceptors (Lipinski definition) is 4. The van der Waals surface area contributed by atoms with E-state index in [9.17, 15) is 9.59 Å². The van der Waals surface area contributed by atoms with Crippen molar-refractivity contribution in [3.63, 3.8) is 0 Å². The van der Waals surface area contributed by atoms with Crippen LogP contribution in [0.1, 0.15) is 40.7 Å². The second kappa shape index (κ2) is 7.86. The molecule has 2 aromatic rings. The van der Waals surface area contributed by atoms with E-state index in [-0.39, 0.29) is 11.6 Å². The fourth-order valence-electron chi connectivity index (χ4n) is 3.52. The highest BCUT2D eigenvalue weighted by molar-refractivity contribution is 8.03. The van der Waals surface area contributed by atoms with E-state index in [0.717, 1.165) is 50.8 Å². The van der Waals surface area contributed by atoms with Gasteiger partial charge in [-0.25, -0.2) is 0 Å². The molecule has 1 aliphatic carbocycles. The third-order valence-electron chi connectivity index (χ3n) is 4.97. The number of carbonyl (C=O) groups is 2. The molecule has 0 spiro atoms. The van der Waals surface area contributed by atoms with E-state index < -0.39 is 0 Å². The molecule has 4 rings (SSSR count). The molecule has 0 saturated heterocycles. The fraction of sp³-hybridized carbons (Fsp3) is 0.273. The Morgan fingerprint density at radius 1 is 1.11 bits per heavy atom. The maximum absolute atomic E-state index is 13.3. The number of rotatable bonds is 4. The number of aryl methyl sites for hydroxylation is 1. The van der Waals surface area contributed by atoms with Gasteiger partial charge in [0.1, 0.15) is 0 Å². The van der Waals surface area contributed by atoms with E-state index >= 15 is 0 Å². The lowest BCUT2D eigenvalue weighted by atomic mass is 9.91. The lowest BCUT2D eigenvalue weighted by Gasteiger charge is -2.19. The van der Waals surface area contributed by atoms with Gasteiger partial charge in [0.05, 0.1) is 10.6 Å². The van der Waals surface area contributed by atoms with E-state index in [2.05, 4.69) is 0 Å². The normalized spacial score (nSPS) is 16.6. The maximum atomic E-state index is 13.3. The van der Waals surface area contributed by atoms with Gasteiger partial charge in [-0.2, -0.15) is 0 Å². The number of halogens is 1. The van der Waals surface area contributed by atoms with Gasteiger partial charge in [-0.15, -0.1) is 11.8 Å². The summed E-state index contributed by atoms with van der Waals surface area (Å²) in [5.74, 6) is 0.705. The third-order valence-corrected chi connectivity index (χ3v) is 7.84. The summed E-state index contributed by atoms with van der Waals surface area (Å²) in [7, 11) is 0. The molecule has 0 N–H and O–H groups in total. The summed E-state index contributed by atoms with van der Waals surface area (Å²) in [6.07, 6.45) is 2.84. The topological polar surface area (TPSA) is 34.1 Å². The van der Waals surface area contributed by atoms with E-state index in [0.29, 0.717) is 22.6 Å². The van der Waals surface area contributed by atoms with Crippen molar-refractivity contribution in [2.24, 2.45) is 0 Å². The molecule has 2 nitrogen and oxygen atoms in total. The molecule has 0 bridgehead atoms. The summed E-state index contributed by atoms with van der Waals surface area (Å²) in [6.45, 7) is 2.05. The van der Waals surface area contributed by atoms with Crippen LogP contribution in [0, 0.1) is 6.92 Å². The number of benzene rings is 2. The van der Waals surface area contributed by atoms with Crippen molar-refractivity contribution in [1.82, 2.24) is 0 Å². The molecule has 0 amide bonds. The van der Waals surface area contributed by atoms with Crippen LogP contribution in [0.15, 0.2) is 56.7 Å². The van der Waals surface area contributed by atoms with Crippen molar-refractivity contribution in [2.45, 2.75) is 42.4 Å². The van der Waals surface area contributed by atoms with E-state index in [1.807, 2.05) is 37.3 Å². The summed E-state index contributed by atoms with van der Waals surface area (Å²) in [5.41, 5.74) is 2.99. The molecule has 1 heterocycles. The summed E-state index contributed by atoms with van der Waals surface area (Å²) in [5, 5.41) is 0.522. The number of fused-ring (bicyclic) bond motifs is 1. The standard InChI is InChI=1S/C22H19ClO2S2/c1-13-5-2-3-7-17(13)27-19-8-4-6-16(24)20(19)22(25)15-9-10-18-14(21(15)23)11-12-26-18/h2-3,5,7,9-10H,4,6,8,11-12H2,1H3. The van der Waals surface area contributed by atoms with Gasteiger partial charge in [0.2, 0.25) is 0 Å². The van der Waals surface area contributed by atoms with Crippen molar-refractivity contribution < 1.29 is 9.59 Å². The Hall–Kier alpha value is -1.49. The fourth-order valence-corrected chi connectivity index (χ4v) is 6.18. The van der Waals surface area contributed by atoms with Crippen LogP contribution in [0.5, 0.6) is 0 Å². The predicted octanol–water partition coefficient (Wildman–Crippen LogP) is 6.28. The minimum absolute atomic E-state index is 0.0618. The molecule has 0 aromatic heterocycles. The molecule has 2 aromatic carbocycles. The minimum atomic E-state index is -0.222. The average molecular weight is 415 g/mol. The van der Waals surface area contributed by atoms with Crippen molar-refractivity contribution >= 4 is 46.7 Å². The van der Waals surface area contributed by atoms with Gasteiger partial charge in [-0.1, -0.05) is 41.6 Å². The lowest BCUT2D eigenvalue weighted by Crippen LogP contribution is -2.19. The molecule has 0 atom stereocenters. The van der Waals surface area contributed by atoms with Crippen molar-refractivity contribution in [1.29, 1.82) is 0 Å². The number of Topliss-reactive ketones (excluding diaryl/α,β-unsaturated/α-hetero) is 2.